The maximum Gasteiger partial charge on any atom is 0.293 e. The van der Waals surface area contributed by atoms with Crippen molar-refractivity contribution in [1.82, 2.24) is 5.32 Å². The zero-order valence-corrected chi connectivity index (χ0v) is 11.0. The van der Waals surface area contributed by atoms with Gasteiger partial charge in [-0.05, 0) is 46.1 Å². The number of aliphatic hydroxyl groups is 2. The first-order chi connectivity index (χ1) is 7.90. The summed E-state index contributed by atoms with van der Waals surface area (Å²) in [5.74, 6) is 0.263. The van der Waals surface area contributed by atoms with Crippen LogP contribution in [0.25, 0.3) is 0 Å². The largest absolute Gasteiger partial charge is 0.462 e. The van der Waals surface area contributed by atoms with Crippen LogP contribution < -0.4 is 5.32 Å². The first-order valence-corrected chi connectivity index (χ1v) is 6.02. The Bertz CT molecular complexity index is 201. The summed E-state index contributed by atoms with van der Waals surface area (Å²) in [4.78, 5) is 9.60. The van der Waals surface area contributed by atoms with Crippen LogP contribution in [0.15, 0.2) is 0 Å². The van der Waals surface area contributed by atoms with E-state index in [4.69, 9.17) is 5.11 Å². The van der Waals surface area contributed by atoms with E-state index in [1.165, 1.54) is 0 Å². The van der Waals surface area contributed by atoms with Crippen molar-refractivity contribution in [3.63, 3.8) is 0 Å². The highest BCUT2D eigenvalue weighted by atomic mass is 16.5. The fraction of sp³-hybridized carbons (Fsp3) is 0.917. The summed E-state index contributed by atoms with van der Waals surface area (Å²) in [6.07, 6.45) is 1.34. The lowest BCUT2D eigenvalue weighted by molar-refractivity contribution is -0.138. The van der Waals surface area contributed by atoms with E-state index in [1.807, 2.05) is 20.8 Å². The number of carbonyl (C=O) groups excluding carboxylic acids is 1. The molecule has 0 aromatic heterocycles. The van der Waals surface area contributed by atoms with E-state index >= 15 is 0 Å². The van der Waals surface area contributed by atoms with Gasteiger partial charge in [-0.15, -0.1) is 0 Å². The van der Waals surface area contributed by atoms with Crippen molar-refractivity contribution < 1.29 is 19.7 Å². The quantitative estimate of drug-likeness (QED) is 0.625. The first-order valence-electron chi connectivity index (χ1n) is 6.02. The van der Waals surface area contributed by atoms with E-state index in [1.54, 1.807) is 0 Å². The fourth-order valence-corrected chi connectivity index (χ4v) is 1.51. The van der Waals surface area contributed by atoms with Crippen LogP contribution in [-0.4, -0.2) is 48.1 Å². The van der Waals surface area contributed by atoms with Crippen molar-refractivity contribution in [2.24, 2.45) is 5.92 Å². The molecule has 1 aliphatic rings. The van der Waals surface area contributed by atoms with Crippen LogP contribution >= 0.6 is 0 Å². The molecule has 3 N–H and O–H groups in total. The molecule has 1 fully saturated rings. The van der Waals surface area contributed by atoms with Crippen molar-refractivity contribution in [1.29, 1.82) is 0 Å². The van der Waals surface area contributed by atoms with E-state index in [9.17, 15) is 9.90 Å². The maximum atomic E-state index is 9.60. The van der Waals surface area contributed by atoms with Crippen LogP contribution in [0.5, 0.6) is 0 Å². The smallest absolute Gasteiger partial charge is 0.293 e. The SMILES string of the molecule is CC(C)(C)OC=O.OCCC1CNCCC1O. The van der Waals surface area contributed by atoms with Crippen LogP contribution in [-0.2, 0) is 9.53 Å². The predicted octanol–water partition coefficient (Wildman–Crippen LogP) is 0.297. The molecule has 102 valence electrons. The minimum Gasteiger partial charge on any atom is -0.462 e. The van der Waals surface area contributed by atoms with Gasteiger partial charge in [0.05, 0.1) is 6.10 Å². The van der Waals surface area contributed by atoms with Gasteiger partial charge < -0.3 is 20.3 Å². The highest BCUT2D eigenvalue weighted by Crippen LogP contribution is 2.13. The number of hydrogen-bond donors (Lipinski definition) is 3. The zero-order chi connectivity index (χ0) is 13.3. The molecule has 0 aromatic carbocycles. The molecule has 0 radical (unpaired) electrons. The molecule has 5 nitrogen and oxygen atoms in total. The Morgan fingerprint density at radius 2 is 2.12 bits per heavy atom. The van der Waals surface area contributed by atoms with Crippen LogP contribution in [0.3, 0.4) is 0 Å². The molecule has 0 aliphatic carbocycles. The minimum absolute atomic E-state index is 0.184. The van der Waals surface area contributed by atoms with Crippen LogP contribution in [0.1, 0.15) is 33.6 Å². The van der Waals surface area contributed by atoms with Gasteiger partial charge in [0, 0.05) is 13.2 Å². The number of hydrogen-bond acceptors (Lipinski definition) is 5. The van der Waals surface area contributed by atoms with Gasteiger partial charge in [-0.1, -0.05) is 0 Å². The molecule has 0 spiro atoms. The molecule has 0 bridgehead atoms. The number of aliphatic hydroxyl groups excluding tert-OH is 2. The Balaban J connectivity index is 0.000000325. The van der Waals surface area contributed by atoms with Crippen molar-refractivity contribution >= 4 is 6.47 Å². The summed E-state index contributed by atoms with van der Waals surface area (Å²) in [6, 6.07) is 0. The van der Waals surface area contributed by atoms with Gasteiger partial charge in [0.1, 0.15) is 5.60 Å². The topological polar surface area (TPSA) is 78.8 Å². The van der Waals surface area contributed by atoms with Gasteiger partial charge in [-0.25, -0.2) is 0 Å². The van der Waals surface area contributed by atoms with E-state index in [2.05, 4.69) is 10.1 Å². The minimum atomic E-state index is -0.318. The zero-order valence-electron chi connectivity index (χ0n) is 11.0. The third-order valence-electron chi connectivity index (χ3n) is 2.47. The summed E-state index contributed by atoms with van der Waals surface area (Å²) in [5.41, 5.74) is -0.318. The molecule has 1 rings (SSSR count). The lowest BCUT2D eigenvalue weighted by Crippen LogP contribution is -2.40. The Morgan fingerprint density at radius 1 is 1.47 bits per heavy atom. The molecule has 17 heavy (non-hydrogen) atoms. The molecule has 1 heterocycles. The molecule has 5 heteroatoms. The van der Waals surface area contributed by atoms with Crippen LogP contribution in [0, 0.1) is 5.92 Å². The van der Waals surface area contributed by atoms with Crippen LogP contribution in [0.4, 0.5) is 0 Å². The van der Waals surface area contributed by atoms with Gasteiger partial charge in [0.25, 0.3) is 6.47 Å². The number of ether oxygens (including phenoxy) is 1. The van der Waals surface area contributed by atoms with Crippen LogP contribution in [0.2, 0.25) is 0 Å². The van der Waals surface area contributed by atoms with Gasteiger partial charge in [0.15, 0.2) is 0 Å². The second kappa shape index (κ2) is 8.44. The molecule has 1 aliphatic heterocycles. The summed E-state index contributed by atoms with van der Waals surface area (Å²) in [5, 5.41) is 21.1. The van der Waals surface area contributed by atoms with E-state index in [0.29, 0.717) is 12.9 Å². The molecule has 0 amide bonds. The predicted molar refractivity (Wildman–Crippen MR) is 65.6 cm³/mol. The molecule has 2 atom stereocenters. The third kappa shape index (κ3) is 9.09. The van der Waals surface area contributed by atoms with Crippen molar-refractivity contribution in [2.75, 3.05) is 19.7 Å². The normalized spacial score (nSPS) is 24.5. The summed E-state index contributed by atoms with van der Waals surface area (Å²) >= 11 is 0. The van der Waals surface area contributed by atoms with E-state index < -0.39 is 0 Å². The maximum absolute atomic E-state index is 9.60. The lowest BCUT2D eigenvalue weighted by Gasteiger charge is -2.27. The second-order valence-electron chi connectivity index (χ2n) is 5.16. The fourth-order valence-electron chi connectivity index (χ4n) is 1.51. The standard InChI is InChI=1S/C7H15NO2.C5H10O2/c9-4-2-6-5-8-3-1-7(6)10;1-5(2,3)7-4-6/h6-10H,1-5H2;4H,1-3H3. The summed E-state index contributed by atoms with van der Waals surface area (Å²) in [6.45, 7) is 7.86. The first kappa shape index (κ1) is 16.4. The van der Waals surface area contributed by atoms with Crippen molar-refractivity contribution in [3.05, 3.63) is 0 Å². The average Bonchev–Trinajstić information content (AvgIpc) is 2.21. The number of piperidine rings is 1. The number of nitrogens with one attached hydrogen (secondary N) is 1. The van der Waals surface area contributed by atoms with Crippen molar-refractivity contribution in [3.8, 4) is 0 Å². The van der Waals surface area contributed by atoms with Gasteiger partial charge >= 0.3 is 0 Å². The van der Waals surface area contributed by atoms with Gasteiger partial charge in [0.2, 0.25) is 0 Å². The number of rotatable bonds is 3. The molecule has 0 aromatic rings. The second-order valence-corrected chi connectivity index (χ2v) is 5.16. The Labute approximate surface area is 103 Å². The highest BCUT2D eigenvalue weighted by molar-refractivity contribution is 5.37. The lowest BCUT2D eigenvalue weighted by atomic mass is 9.93. The Morgan fingerprint density at radius 3 is 2.47 bits per heavy atom. The molecular formula is C12H25NO4. The molecule has 2 unspecified atom stereocenters. The monoisotopic (exact) mass is 247 g/mol. The summed E-state index contributed by atoms with van der Waals surface area (Å²) in [7, 11) is 0. The average molecular weight is 247 g/mol. The Kier molecular flexibility index (Phi) is 8.12. The third-order valence-corrected chi connectivity index (χ3v) is 2.47. The number of carbonyl (C=O) groups is 1. The van der Waals surface area contributed by atoms with Gasteiger partial charge in [-0.2, -0.15) is 0 Å². The molecule has 0 saturated carbocycles. The molecular weight excluding hydrogens is 222 g/mol. The Hall–Kier alpha value is -0.650. The van der Waals surface area contributed by atoms with E-state index in [0.717, 1.165) is 19.5 Å². The molecule has 1 saturated heterocycles. The van der Waals surface area contributed by atoms with E-state index in [-0.39, 0.29) is 24.2 Å². The summed E-state index contributed by atoms with van der Waals surface area (Å²) < 4.78 is 4.55. The van der Waals surface area contributed by atoms with Crippen molar-refractivity contribution in [2.45, 2.75) is 45.3 Å². The highest BCUT2D eigenvalue weighted by Gasteiger charge is 2.21. The van der Waals surface area contributed by atoms with Gasteiger partial charge in [-0.3, -0.25) is 4.79 Å².